The number of carbonyl (C=O) groups is 1. The molecule has 0 unspecified atom stereocenters. The Hall–Kier alpha value is -3.65. The highest BCUT2D eigenvalue weighted by atomic mass is 16.5. The number of benzene rings is 2. The smallest absolute Gasteiger partial charge is 0.253 e. The van der Waals surface area contributed by atoms with Gasteiger partial charge >= 0.3 is 0 Å². The zero-order valence-electron chi connectivity index (χ0n) is 18.2. The van der Waals surface area contributed by atoms with Crippen molar-refractivity contribution in [1.29, 1.82) is 0 Å². The van der Waals surface area contributed by atoms with E-state index in [9.17, 15) is 4.79 Å². The van der Waals surface area contributed by atoms with Gasteiger partial charge in [0, 0.05) is 30.9 Å². The number of hydrogen-bond acceptors (Lipinski definition) is 6. The summed E-state index contributed by atoms with van der Waals surface area (Å²) in [6.07, 6.45) is 3.48. The minimum atomic E-state index is -0.404. The molecule has 8 heteroatoms. The van der Waals surface area contributed by atoms with Gasteiger partial charge in [0.15, 0.2) is 0 Å². The monoisotopic (exact) mass is 433 g/mol. The average molecular weight is 434 g/mol. The first-order valence-electron chi connectivity index (χ1n) is 10.6. The average Bonchev–Trinajstić information content (AvgIpc) is 3.33. The van der Waals surface area contributed by atoms with Crippen LogP contribution in [0.15, 0.2) is 54.7 Å². The molecule has 2 aliphatic rings. The molecule has 3 heterocycles. The van der Waals surface area contributed by atoms with Crippen molar-refractivity contribution in [1.82, 2.24) is 9.47 Å². The summed E-state index contributed by atoms with van der Waals surface area (Å²) >= 11 is 0. The van der Waals surface area contributed by atoms with Crippen LogP contribution in [0.25, 0.3) is 5.69 Å². The van der Waals surface area contributed by atoms with Gasteiger partial charge in [-0.1, -0.05) is 0 Å². The molecular formula is C24H27N5O3. The largest absolute Gasteiger partial charge is 0.497 e. The Morgan fingerprint density at radius 3 is 2.47 bits per heavy atom. The first kappa shape index (κ1) is 20.3. The van der Waals surface area contributed by atoms with Crippen molar-refractivity contribution in [3.8, 4) is 17.2 Å². The van der Waals surface area contributed by atoms with Gasteiger partial charge in [-0.2, -0.15) is 0 Å². The maximum Gasteiger partial charge on any atom is 0.253 e. The zero-order valence-corrected chi connectivity index (χ0v) is 18.2. The van der Waals surface area contributed by atoms with E-state index in [2.05, 4.69) is 16.8 Å². The van der Waals surface area contributed by atoms with Gasteiger partial charge in [0.2, 0.25) is 0 Å². The minimum absolute atomic E-state index is 0.0361. The first-order chi connectivity index (χ1) is 15.5. The number of carbonyl (C=O) groups excluding carboxylic acids is 1. The lowest BCUT2D eigenvalue weighted by molar-refractivity contribution is 0.0655. The topological polar surface area (TPSA) is 99.0 Å². The third kappa shape index (κ3) is 2.90. The van der Waals surface area contributed by atoms with Crippen LogP contribution in [0, 0.1) is 0 Å². The molecule has 1 aromatic heterocycles. The van der Waals surface area contributed by atoms with Crippen molar-refractivity contribution in [2.75, 3.05) is 38.1 Å². The number of amides is 1. The van der Waals surface area contributed by atoms with Crippen LogP contribution in [0.1, 0.15) is 28.9 Å². The normalized spacial score (nSPS) is 16.5. The fourth-order valence-corrected chi connectivity index (χ4v) is 4.98. The van der Waals surface area contributed by atoms with Crippen LogP contribution in [0.4, 0.5) is 11.4 Å². The molecule has 32 heavy (non-hydrogen) atoms. The fourth-order valence-electron chi connectivity index (χ4n) is 4.98. The van der Waals surface area contributed by atoms with Gasteiger partial charge in [-0.3, -0.25) is 9.80 Å². The van der Waals surface area contributed by atoms with Gasteiger partial charge < -0.3 is 24.7 Å². The van der Waals surface area contributed by atoms with E-state index in [1.54, 1.807) is 32.4 Å². The molecule has 1 amide bonds. The maximum absolute atomic E-state index is 13.1. The zero-order chi connectivity index (χ0) is 22.5. The number of ether oxygens (including phenoxy) is 2. The number of piperidine rings is 1. The van der Waals surface area contributed by atoms with Gasteiger partial charge in [0.25, 0.3) is 5.91 Å². The van der Waals surface area contributed by atoms with E-state index in [1.165, 1.54) is 0 Å². The summed E-state index contributed by atoms with van der Waals surface area (Å²) in [5.41, 5.74) is 9.69. The predicted octanol–water partition coefficient (Wildman–Crippen LogP) is 2.90. The molecule has 1 spiro atoms. The third-order valence-corrected chi connectivity index (χ3v) is 6.74. The number of fused-ring (bicyclic) bond motifs is 4. The van der Waals surface area contributed by atoms with Crippen LogP contribution < -0.4 is 26.1 Å². The Bertz CT molecular complexity index is 1180. The molecule has 2 aliphatic heterocycles. The lowest BCUT2D eigenvalue weighted by Gasteiger charge is -2.51. The summed E-state index contributed by atoms with van der Waals surface area (Å²) < 4.78 is 12.8. The second kappa shape index (κ2) is 7.49. The summed E-state index contributed by atoms with van der Waals surface area (Å²) in [6, 6.07) is 15.3. The van der Waals surface area contributed by atoms with E-state index in [-0.39, 0.29) is 5.91 Å². The highest BCUT2D eigenvalue weighted by molar-refractivity contribution is 5.95. The summed E-state index contributed by atoms with van der Waals surface area (Å²) in [6.45, 7) is 1.17. The summed E-state index contributed by atoms with van der Waals surface area (Å²) in [5, 5.41) is 1.87. The van der Waals surface area contributed by atoms with Crippen LogP contribution in [0.5, 0.6) is 11.5 Å². The van der Waals surface area contributed by atoms with Crippen LogP contribution in [-0.4, -0.2) is 42.7 Å². The first-order valence-corrected chi connectivity index (χ1v) is 10.6. The van der Waals surface area contributed by atoms with Crippen molar-refractivity contribution >= 4 is 17.3 Å². The number of nitrogen functional groups attached to an aromatic ring is 1. The number of rotatable bonds is 3. The molecule has 4 N–H and O–H groups in total. The number of nitrogens with zero attached hydrogens (tertiary/aromatic N) is 3. The molecule has 0 radical (unpaired) electrons. The highest BCUT2D eigenvalue weighted by Crippen LogP contribution is 2.47. The van der Waals surface area contributed by atoms with Gasteiger partial charge in [0.1, 0.15) is 11.5 Å². The lowest BCUT2D eigenvalue weighted by atomic mass is 9.81. The van der Waals surface area contributed by atoms with Crippen molar-refractivity contribution in [3.05, 3.63) is 66.0 Å². The standard InChI is InChI=1S/C24H27N5O3/c1-31-17-6-7-19-20(15-17)29(26)24(22-4-3-11-28(19)22)9-12-27(13-10-24)23(30)16-5-8-21(32-2)18(25)14-16/h3-8,11,14-15H,9-10,12-13,25-26H2,1-2H3. The van der Waals surface area contributed by atoms with Gasteiger partial charge in [0.05, 0.1) is 42.5 Å². The predicted molar refractivity (Wildman–Crippen MR) is 123 cm³/mol. The molecular weight excluding hydrogens is 406 g/mol. The lowest BCUT2D eigenvalue weighted by Crippen LogP contribution is -2.59. The summed E-state index contributed by atoms with van der Waals surface area (Å²) in [4.78, 5) is 15.0. The number of nitrogens with two attached hydrogens (primary N) is 2. The van der Waals surface area contributed by atoms with Crippen LogP contribution in [-0.2, 0) is 5.54 Å². The summed E-state index contributed by atoms with van der Waals surface area (Å²) in [7, 11) is 3.21. The van der Waals surface area contributed by atoms with E-state index in [0.29, 0.717) is 42.9 Å². The molecule has 5 rings (SSSR count). The van der Waals surface area contributed by atoms with E-state index >= 15 is 0 Å². The molecule has 1 saturated heterocycles. The van der Waals surface area contributed by atoms with Crippen molar-refractivity contribution in [3.63, 3.8) is 0 Å². The number of hydrazine groups is 1. The molecule has 0 saturated carbocycles. The Balaban J connectivity index is 1.43. The van der Waals surface area contributed by atoms with Crippen LogP contribution >= 0.6 is 0 Å². The minimum Gasteiger partial charge on any atom is -0.497 e. The molecule has 166 valence electrons. The maximum atomic E-state index is 13.1. The quantitative estimate of drug-likeness (QED) is 0.487. The van der Waals surface area contributed by atoms with E-state index in [0.717, 1.165) is 22.8 Å². The third-order valence-electron chi connectivity index (χ3n) is 6.74. The molecule has 8 nitrogen and oxygen atoms in total. The highest BCUT2D eigenvalue weighted by Gasteiger charge is 2.47. The fraction of sp³-hybridized carbons (Fsp3) is 0.292. The Morgan fingerprint density at radius 2 is 1.78 bits per heavy atom. The second-order valence-corrected chi connectivity index (χ2v) is 8.27. The number of anilines is 2. The molecule has 0 atom stereocenters. The Labute approximate surface area is 186 Å². The SMILES string of the molecule is COc1ccc2c(c1)N(N)C1(CCN(C(=O)c3ccc(OC)c(N)c3)CC1)c1cccn1-2. The van der Waals surface area contributed by atoms with Crippen molar-refractivity contribution in [2.24, 2.45) is 5.84 Å². The van der Waals surface area contributed by atoms with E-state index < -0.39 is 5.54 Å². The van der Waals surface area contributed by atoms with Crippen molar-refractivity contribution in [2.45, 2.75) is 18.4 Å². The van der Waals surface area contributed by atoms with Crippen molar-refractivity contribution < 1.29 is 14.3 Å². The number of methoxy groups -OCH3 is 2. The van der Waals surface area contributed by atoms with E-state index in [4.69, 9.17) is 21.1 Å². The van der Waals surface area contributed by atoms with E-state index in [1.807, 2.05) is 34.2 Å². The molecule has 0 aliphatic carbocycles. The molecule has 1 fully saturated rings. The van der Waals surface area contributed by atoms with Gasteiger partial charge in [-0.25, -0.2) is 5.84 Å². The van der Waals surface area contributed by atoms with Crippen LogP contribution in [0.2, 0.25) is 0 Å². The van der Waals surface area contributed by atoms with Crippen LogP contribution in [0.3, 0.4) is 0 Å². The Kier molecular flexibility index (Phi) is 4.74. The molecule has 3 aromatic rings. The number of aromatic nitrogens is 1. The second-order valence-electron chi connectivity index (χ2n) is 8.27. The van der Waals surface area contributed by atoms with Gasteiger partial charge in [-0.05, 0) is 55.3 Å². The molecule has 2 aromatic carbocycles. The van der Waals surface area contributed by atoms with Gasteiger partial charge in [-0.15, -0.1) is 0 Å². The number of hydrogen-bond donors (Lipinski definition) is 2. The Morgan fingerprint density at radius 1 is 1.00 bits per heavy atom. The number of likely N-dealkylation sites (tertiary alicyclic amines) is 1. The summed E-state index contributed by atoms with van der Waals surface area (Å²) in [5.74, 6) is 8.06. The molecule has 0 bridgehead atoms.